The predicted molar refractivity (Wildman–Crippen MR) is 174 cm³/mol. The molecule has 2 aliphatic heterocycles. The maximum atomic E-state index is 13.8. The van der Waals surface area contributed by atoms with E-state index in [0.717, 1.165) is 98.7 Å². The number of anilines is 1. The lowest BCUT2D eigenvalue weighted by Crippen LogP contribution is -2.40. The molecule has 3 aromatic rings. The number of amides is 1. The Kier molecular flexibility index (Phi) is 10.0. The van der Waals surface area contributed by atoms with Crippen molar-refractivity contribution in [1.29, 1.82) is 0 Å². The van der Waals surface area contributed by atoms with Crippen molar-refractivity contribution in [1.82, 2.24) is 15.2 Å². The van der Waals surface area contributed by atoms with Crippen LogP contribution >= 0.6 is 0 Å². The number of aromatic nitrogens is 1. The second kappa shape index (κ2) is 13.9. The van der Waals surface area contributed by atoms with Crippen molar-refractivity contribution >= 4 is 11.6 Å². The van der Waals surface area contributed by atoms with E-state index in [1.807, 2.05) is 32.9 Å². The van der Waals surface area contributed by atoms with Gasteiger partial charge < -0.3 is 25.7 Å². The first kappa shape index (κ1) is 31.0. The highest BCUT2D eigenvalue weighted by atomic mass is 16.5. The van der Waals surface area contributed by atoms with Gasteiger partial charge in [0.2, 0.25) is 0 Å². The van der Waals surface area contributed by atoms with Crippen LogP contribution in [0, 0.1) is 20.8 Å². The fourth-order valence-corrected chi connectivity index (χ4v) is 6.56. The predicted octanol–water partition coefficient (Wildman–Crippen LogP) is 4.83. The molecule has 1 amide bonds. The molecule has 8 nitrogen and oxygen atoms in total. The number of ether oxygens (including phenoxy) is 1. The molecule has 0 spiro atoms. The summed E-state index contributed by atoms with van der Waals surface area (Å²) in [7, 11) is 0. The van der Waals surface area contributed by atoms with Crippen LogP contribution in [0.4, 0.5) is 5.69 Å². The van der Waals surface area contributed by atoms with Gasteiger partial charge >= 0.3 is 0 Å². The quantitative estimate of drug-likeness (QED) is 0.333. The van der Waals surface area contributed by atoms with E-state index in [2.05, 4.69) is 57.4 Å². The van der Waals surface area contributed by atoms with E-state index in [1.165, 1.54) is 5.56 Å². The Morgan fingerprint density at radius 3 is 2.37 bits per heavy atom. The summed E-state index contributed by atoms with van der Waals surface area (Å²) in [4.78, 5) is 34.1. The first-order valence-electron chi connectivity index (χ1n) is 15.8. The minimum atomic E-state index is -0.178. The minimum Gasteiger partial charge on any atom is -0.381 e. The Bertz CT molecular complexity index is 1470. The molecule has 0 unspecified atom stereocenters. The maximum absolute atomic E-state index is 13.8. The van der Waals surface area contributed by atoms with Crippen molar-refractivity contribution in [2.45, 2.75) is 78.6 Å². The largest absolute Gasteiger partial charge is 0.381 e. The number of benzene rings is 2. The second-order valence-electron chi connectivity index (χ2n) is 12.2. The molecule has 2 aromatic carbocycles. The molecule has 0 bridgehead atoms. The zero-order valence-electron chi connectivity index (χ0n) is 26.2. The summed E-state index contributed by atoms with van der Waals surface area (Å²) in [5.74, 6) is -0.178. The number of hydrogen-bond acceptors (Lipinski definition) is 6. The average Bonchev–Trinajstić information content (AvgIpc) is 3.00. The number of rotatable bonds is 9. The first-order chi connectivity index (χ1) is 20.7. The molecule has 2 aliphatic rings. The Labute approximate surface area is 255 Å². The van der Waals surface area contributed by atoms with Crippen LogP contribution in [-0.4, -0.2) is 60.7 Å². The summed E-state index contributed by atoms with van der Waals surface area (Å²) in [5, 5.41) is 3.05. The van der Waals surface area contributed by atoms with Gasteiger partial charge in [0.05, 0.1) is 0 Å². The van der Waals surface area contributed by atoms with Gasteiger partial charge in [0.15, 0.2) is 0 Å². The third-order valence-corrected chi connectivity index (χ3v) is 9.15. The zero-order chi connectivity index (χ0) is 30.5. The highest BCUT2D eigenvalue weighted by molar-refractivity contribution is 5.99. The van der Waals surface area contributed by atoms with Gasteiger partial charge in [-0.3, -0.25) is 14.5 Å². The molecule has 5 rings (SSSR count). The average molecular weight is 586 g/mol. The molecule has 43 heavy (non-hydrogen) atoms. The van der Waals surface area contributed by atoms with Crippen molar-refractivity contribution < 1.29 is 9.53 Å². The highest BCUT2D eigenvalue weighted by Crippen LogP contribution is 2.34. The number of hydrogen-bond donors (Lipinski definition) is 3. The molecule has 0 atom stereocenters. The van der Waals surface area contributed by atoms with Crippen LogP contribution in [0.2, 0.25) is 0 Å². The van der Waals surface area contributed by atoms with Gasteiger partial charge in [-0.1, -0.05) is 24.3 Å². The number of nitrogens with zero attached hydrogens (tertiary/aromatic N) is 2. The molecular weight excluding hydrogens is 538 g/mol. The number of nitrogens with two attached hydrogens (primary N) is 1. The van der Waals surface area contributed by atoms with Crippen LogP contribution < -0.4 is 21.5 Å². The van der Waals surface area contributed by atoms with E-state index in [-0.39, 0.29) is 18.0 Å². The molecule has 2 fully saturated rings. The molecule has 8 heteroatoms. The second-order valence-corrected chi connectivity index (χ2v) is 12.2. The Hall–Kier alpha value is -3.46. The van der Waals surface area contributed by atoms with E-state index in [0.29, 0.717) is 23.2 Å². The van der Waals surface area contributed by atoms with Gasteiger partial charge in [0.25, 0.3) is 11.5 Å². The van der Waals surface area contributed by atoms with Crippen molar-refractivity contribution in [3.8, 4) is 11.1 Å². The normalized spacial score (nSPS) is 16.8. The number of pyridine rings is 1. The topological polar surface area (TPSA) is 104 Å². The Morgan fingerprint density at radius 2 is 1.72 bits per heavy atom. The minimum absolute atomic E-state index is 0.159. The molecular formula is C35H47N5O3. The molecule has 3 heterocycles. The number of piperidine rings is 1. The number of aromatic amines is 1. The molecule has 1 aromatic heterocycles. The van der Waals surface area contributed by atoms with Gasteiger partial charge in [-0.05, 0) is 112 Å². The van der Waals surface area contributed by atoms with E-state index < -0.39 is 0 Å². The van der Waals surface area contributed by atoms with Gasteiger partial charge in [0, 0.05) is 67.4 Å². The molecule has 0 radical (unpaired) electrons. The van der Waals surface area contributed by atoms with Crippen molar-refractivity contribution in [2.24, 2.45) is 5.73 Å². The van der Waals surface area contributed by atoms with Crippen molar-refractivity contribution in [3.63, 3.8) is 0 Å². The lowest BCUT2D eigenvalue weighted by molar-refractivity contribution is 0.0846. The summed E-state index contributed by atoms with van der Waals surface area (Å²) in [5.41, 5.74) is 14.2. The summed E-state index contributed by atoms with van der Waals surface area (Å²) in [6.45, 7) is 13.5. The maximum Gasteiger partial charge on any atom is 0.253 e. The lowest BCUT2D eigenvalue weighted by Gasteiger charge is -2.37. The SMILES string of the molecule is CCN(c1cc(-c2ccc(CN3CCC(N)CC3)cc2)cc(C(=O)NCc2c(C)cc(C)[nH]c2=O)c1C)C1CCOCC1. The summed E-state index contributed by atoms with van der Waals surface area (Å²) in [6, 6.07) is 15.6. The smallest absolute Gasteiger partial charge is 0.253 e. The fraction of sp³-hybridized carbons (Fsp3) is 0.486. The highest BCUT2D eigenvalue weighted by Gasteiger charge is 2.25. The van der Waals surface area contributed by atoms with Crippen LogP contribution in [0.1, 0.15) is 70.9 Å². The van der Waals surface area contributed by atoms with E-state index in [1.54, 1.807) is 0 Å². The molecule has 2 saturated heterocycles. The monoisotopic (exact) mass is 585 g/mol. The molecule has 0 saturated carbocycles. The van der Waals surface area contributed by atoms with Crippen molar-refractivity contribution in [2.75, 3.05) is 37.7 Å². The Balaban J connectivity index is 1.45. The number of nitrogens with one attached hydrogen (secondary N) is 2. The fourth-order valence-electron chi connectivity index (χ4n) is 6.56. The van der Waals surface area contributed by atoms with Crippen LogP contribution in [-0.2, 0) is 17.8 Å². The molecule has 4 N–H and O–H groups in total. The van der Waals surface area contributed by atoms with Gasteiger partial charge in [-0.2, -0.15) is 0 Å². The first-order valence-corrected chi connectivity index (χ1v) is 15.8. The third kappa shape index (κ3) is 7.37. The number of H-pyrrole nitrogens is 1. The third-order valence-electron chi connectivity index (χ3n) is 9.15. The lowest BCUT2D eigenvalue weighted by atomic mass is 9.94. The number of aryl methyl sites for hydroxylation is 2. The van der Waals surface area contributed by atoms with Crippen molar-refractivity contribution in [3.05, 3.63) is 86.3 Å². The van der Waals surface area contributed by atoms with E-state index in [9.17, 15) is 9.59 Å². The van der Waals surface area contributed by atoms with Crippen LogP contribution in [0.5, 0.6) is 0 Å². The number of carbonyl (C=O) groups excluding carboxylic acids is 1. The number of likely N-dealkylation sites (tertiary alicyclic amines) is 1. The van der Waals surface area contributed by atoms with E-state index in [4.69, 9.17) is 10.5 Å². The molecule has 230 valence electrons. The van der Waals surface area contributed by atoms with Gasteiger partial charge in [-0.25, -0.2) is 0 Å². The van der Waals surface area contributed by atoms with Crippen LogP contribution in [0.3, 0.4) is 0 Å². The standard InChI is InChI=1S/C35H47N5O3/c1-5-40(30-12-16-43-17-13-30)33-20-28(27-8-6-26(7-9-27)22-39-14-10-29(36)11-15-39)19-31(25(33)4)34(41)37-21-32-23(2)18-24(3)38-35(32)42/h6-9,18-20,29-30H,5,10-17,21-22,36H2,1-4H3,(H,37,41)(H,38,42). The number of carbonyl (C=O) groups is 1. The van der Waals surface area contributed by atoms with Crippen LogP contribution in [0.15, 0.2) is 47.3 Å². The van der Waals surface area contributed by atoms with Gasteiger partial charge in [0.1, 0.15) is 0 Å². The summed E-state index contributed by atoms with van der Waals surface area (Å²) >= 11 is 0. The zero-order valence-corrected chi connectivity index (χ0v) is 26.2. The van der Waals surface area contributed by atoms with Crippen LogP contribution in [0.25, 0.3) is 11.1 Å². The molecule has 0 aliphatic carbocycles. The Morgan fingerprint density at radius 1 is 1.02 bits per heavy atom. The van der Waals surface area contributed by atoms with E-state index >= 15 is 0 Å². The summed E-state index contributed by atoms with van der Waals surface area (Å²) in [6.07, 6.45) is 4.02. The summed E-state index contributed by atoms with van der Waals surface area (Å²) < 4.78 is 5.66. The van der Waals surface area contributed by atoms with Gasteiger partial charge in [-0.15, -0.1) is 0 Å².